The van der Waals surface area contributed by atoms with E-state index in [-0.39, 0.29) is 0 Å². The first-order valence-corrected chi connectivity index (χ1v) is 6.57. The van der Waals surface area contributed by atoms with Crippen molar-refractivity contribution in [3.05, 3.63) is 16.4 Å². The highest BCUT2D eigenvalue weighted by atomic mass is 32.1. The van der Waals surface area contributed by atoms with Crippen LogP contribution >= 0.6 is 12.2 Å². The highest BCUT2D eigenvalue weighted by molar-refractivity contribution is 7.71. The summed E-state index contributed by atoms with van der Waals surface area (Å²) >= 11 is 5.43. The van der Waals surface area contributed by atoms with Crippen LogP contribution in [0.25, 0.3) is 0 Å². The Labute approximate surface area is 95.7 Å². The third kappa shape index (κ3) is 1.89. The maximum absolute atomic E-state index is 5.43. The third-order valence-electron chi connectivity index (χ3n) is 3.72. The molecule has 2 aliphatic carbocycles. The molecule has 2 saturated carbocycles. The molecule has 1 aromatic rings. The zero-order valence-electron chi connectivity index (χ0n) is 9.04. The van der Waals surface area contributed by atoms with Crippen LogP contribution in [0.4, 0.5) is 0 Å². The van der Waals surface area contributed by atoms with E-state index in [9.17, 15) is 0 Å². The van der Waals surface area contributed by atoms with E-state index >= 15 is 0 Å². The average Bonchev–Trinajstić information content (AvgIpc) is 3.04. The molecule has 0 spiro atoms. The van der Waals surface area contributed by atoms with Crippen LogP contribution in [0.5, 0.6) is 0 Å². The van der Waals surface area contributed by atoms with Gasteiger partial charge in [-0.15, -0.1) is 0 Å². The quantitative estimate of drug-likeness (QED) is 0.752. The maximum Gasteiger partial charge on any atom is 0.122 e. The lowest BCUT2D eigenvalue weighted by Crippen LogP contribution is -2.14. The van der Waals surface area contributed by atoms with Crippen molar-refractivity contribution >= 4 is 12.2 Å². The fraction of sp³-hybridized carbons (Fsp3) is 0.750. The van der Waals surface area contributed by atoms with Crippen molar-refractivity contribution in [1.29, 1.82) is 0 Å². The molecule has 2 nitrogen and oxygen atoms in total. The fourth-order valence-electron chi connectivity index (χ4n) is 2.64. The lowest BCUT2D eigenvalue weighted by atomic mass is 9.96. The first-order valence-electron chi connectivity index (χ1n) is 6.16. The van der Waals surface area contributed by atoms with Gasteiger partial charge in [0.15, 0.2) is 0 Å². The minimum absolute atomic E-state index is 0.652. The van der Waals surface area contributed by atoms with Crippen LogP contribution in [-0.2, 0) is 0 Å². The smallest absolute Gasteiger partial charge is 0.122 e. The van der Waals surface area contributed by atoms with E-state index in [1.165, 1.54) is 50.6 Å². The van der Waals surface area contributed by atoms with Crippen LogP contribution in [-0.4, -0.2) is 9.78 Å². The Kier molecular flexibility index (Phi) is 2.43. The molecule has 3 rings (SSSR count). The Hall–Kier alpha value is -0.570. The van der Waals surface area contributed by atoms with Gasteiger partial charge in [0.05, 0.1) is 6.04 Å². The molecule has 0 saturated heterocycles. The van der Waals surface area contributed by atoms with Gasteiger partial charge in [0.25, 0.3) is 0 Å². The predicted molar refractivity (Wildman–Crippen MR) is 63.7 cm³/mol. The summed E-state index contributed by atoms with van der Waals surface area (Å²) in [5.74, 6) is 0.788. The van der Waals surface area contributed by atoms with Crippen molar-refractivity contribution in [3.63, 3.8) is 0 Å². The molecule has 0 amide bonds. The molecule has 82 valence electrons. The Morgan fingerprint density at radius 2 is 1.87 bits per heavy atom. The van der Waals surface area contributed by atoms with Crippen LogP contribution in [0.1, 0.15) is 62.6 Å². The lowest BCUT2D eigenvalue weighted by molar-refractivity contribution is 0.325. The number of aromatic nitrogens is 2. The zero-order valence-corrected chi connectivity index (χ0v) is 9.85. The normalized spacial score (nSPS) is 23.2. The van der Waals surface area contributed by atoms with E-state index in [1.54, 1.807) is 0 Å². The monoisotopic (exact) mass is 222 g/mol. The van der Waals surface area contributed by atoms with E-state index in [2.05, 4.69) is 15.8 Å². The van der Waals surface area contributed by atoms with Gasteiger partial charge in [0.1, 0.15) is 4.64 Å². The molecular weight excluding hydrogens is 204 g/mol. The van der Waals surface area contributed by atoms with E-state index < -0.39 is 0 Å². The van der Waals surface area contributed by atoms with E-state index in [0.717, 1.165) is 10.6 Å². The predicted octanol–water partition coefficient (Wildman–Crippen LogP) is 3.93. The van der Waals surface area contributed by atoms with Gasteiger partial charge < -0.3 is 5.10 Å². The summed E-state index contributed by atoms with van der Waals surface area (Å²) in [5, 5.41) is 3.53. The number of hydrogen-bond acceptors (Lipinski definition) is 1. The van der Waals surface area contributed by atoms with Crippen molar-refractivity contribution in [1.82, 2.24) is 9.78 Å². The largest absolute Gasteiger partial charge is 0.301 e. The minimum atomic E-state index is 0.652. The highest BCUT2D eigenvalue weighted by Crippen LogP contribution is 2.40. The number of nitrogens with zero attached hydrogens (tertiary/aromatic N) is 1. The second-order valence-electron chi connectivity index (χ2n) is 4.99. The second-order valence-corrected chi connectivity index (χ2v) is 5.40. The maximum atomic E-state index is 5.43. The molecule has 0 atom stereocenters. The average molecular weight is 222 g/mol. The number of nitrogens with one attached hydrogen (secondary N) is 1. The van der Waals surface area contributed by atoms with E-state index in [4.69, 9.17) is 12.2 Å². The van der Waals surface area contributed by atoms with E-state index in [1.807, 2.05) is 0 Å². The summed E-state index contributed by atoms with van der Waals surface area (Å²) in [6, 6.07) is 2.83. The zero-order chi connectivity index (χ0) is 10.3. The molecule has 15 heavy (non-hydrogen) atoms. The molecule has 1 aromatic heterocycles. The van der Waals surface area contributed by atoms with E-state index in [0.29, 0.717) is 6.04 Å². The van der Waals surface area contributed by atoms with Gasteiger partial charge in [-0.25, -0.2) is 0 Å². The van der Waals surface area contributed by atoms with Gasteiger partial charge >= 0.3 is 0 Å². The van der Waals surface area contributed by atoms with Crippen LogP contribution in [0.2, 0.25) is 0 Å². The Balaban J connectivity index is 1.86. The van der Waals surface area contributed by atoms with Gasteiger partial charge in [-0.05, 0) is 31.7 Å². The first-order chi connectivity index (χ1) is 7.34. The molecule has 2 aliphatic rings. The fourth-order valence-corrected chi connectivity index (χ4v) is 2.96. The Morgan fingerprint density at radius 1 is 1.13 bits per heavy atom. The Morgan fingerprint density at radius 3 is 2.53 bits per heavy atom. The number of rotatable bonds is 2. The van der Waals surface area contributed by atoms with Crippen molar-refractivity contribution in [2.45, 2.75) is 56.9 Å². The summed E-state index contributed by atoms with van der Waals surface area (Å²) in [5.41, 5.74) is 1.38. The highest BCUT2D eigenvalue weighted by Gasteiger charge is 2.26. The molecule has 3 heteroatoms. The lowest BCUT2D eigenvalue weighted by Gasteiger charge is -2.22. The molecular formula is C12H18N2S. The van der Waals surface area contributed by atoms with Crippen LogP contribution in [0.3, 0.4) is 0 Å². The molecule has 2 fully saturated rings. The van der Waals surface area contributed by atoms with Gasteiger partial charge in [-0.3, -0.25) is 4.68 Å². The summed E-state index contributed by atoms with van der Waals surface area (Å²) in [6.07, 6.45) is 9.44. The molecule has 0 aromatic carbocycles. The van der Waals surface area contributed by atoms with Crippen molar-refractivity contribution in [2.24, 2.45) is 0 Å². The first kappa shape index (κ1) is 9.64. The van der Waals surface area contributed by atoms with Crippen LogP contribution in [0, 0.1) is 4.64 Å². The molecule has 0 radical (unpaired) electrons. The van der Waals surface area contributed by atoms with Crippen molar-refractivity contribution in [2.75, 3.05) is 0 Å². The summed E-state index contributed by atoms with van der Waals surface area (Å²) in [6.45, 7) is 0. The summed E-state index contributed by atoms with van der Waals surface area (Å²) < 4.78 is 3.27. The standard InChI is InChI=1S/C12H18N2S/c15-12-8-11(9-6-7-9)13-14(12)10-4-2-1-3-5-10/h8-10,13H,1-7H2. The number of aromatic amines is 1. The van der Waals surface area contributed by atoms with Crippen molar-refractivity contribution < 1.29 is 0 Å². The van der Waals surface area contributed by atoms with Crippen LogP contribution < -0.4 is 0 Å². The molecule has 0 unspecified atom stereocenters. The SMILES string of the molecule is S=c1cc(C2CC2)[nH]n1C1CCCCC1. The van der Waals surface area contributed by atoms with Gasteiger partial charge in [0.2, 0.25) is 0 Å². The summed E-state index contributed by atoms with van der Waals surface area (Å²) in [4.78, 5) is 0. The molecule has 1 heterocycles. The van der Waals surface area contributed by atoms with Crippen molar-refractivity contribution in [3.8, 4) is 0 Å². The minimum Gasteiger partial charge on any atom is -0.301 e. The molecule has 0 bridgehead atoms. The van der Waals surface area contributed by atoms with Gasteiger partial charge in [-0.2, -0.15) is 0 Å². The van der Waals surface area contributed by atoms with Crippen LogP contribution in [0.15, 0.2) is 6.07 Å². The number of H-pyrrole nitrogens is 1. The van der Waals surface area contributed by atoms with Gasteiger partial charge in [0, 0.05) is 11.6 Å². The number of hydrogen-bond donors (Lipinski definition) is 1. The third-order valence-corrected chi connectivity index (χ3v) is 4.04. The summed E-state index contributed by atoms with van der Waals surface area (Å²) in [7, 11) is 0. The molecule has 1 N–H and O–H groups in total. The second kappa shape index (κ2) is 3.78. The Bertz CT molecular complexity index is 394. The topological polar surface area (TPSA) is 20.7 Å². The molecule has 0 aliphatic heterocycles. The van der Waals surface area contributed by atoms with Gasteiger partial charge in [-0.1, -0.05) is 31.5 Å².